The van der Waals surface area contributed by atoms with E-state index in [-0.39, 0.29) is 36.5 Å². The first-order valence-electron chi connectivity index (χ1n) is 9.88. The molecule has 0 spiro atoms. The van der Waals surface area contributed by atoms with Gasteiger partial charge in [0, 0.05) is 80.4 Å². The molecule has 1 N–H and O–H groups in total. The minimum absolute atomic E-state index is 0. The zero-order valence-electron chi connectivity index (χ0n) is 17.5. The van der Waals surface area contributed by atoms with Crippen LogP contribution in [0.2, 0.25) is 0 Å². The number of rotatable bonds is 3. The highest BCUT2D eigenvalue weighted by Crippen LogP contribution is 2.43. The number of hydrogen-bond acceptors (Lipinski definition) is 5. The van der Waals surface area contributed by atoms with Crippen LogP contribution in [0.15, 0.2) is 30.6 Å². The van der Waals surface area contributed by atoms with Gasteiger partial charge in [-0.1, -0.05) is 6.07 Å². The Hall–Kier alpha value is -2.32. The van der Waals surface area contributed by atoms with E-state index in [0.29, 0.717) is 31.9 Å². The summed E-state index contributed by atoms with van der Waals surface area (Å²) in [5, 5.41) is 12.0. The summed E-state index contributed by atoms with van der Waals surface area (Å²) in [6, 6.07) is 5.79. The third-order valence-corrected chi connectivity index (χ3v) is 6.09. The lowest BCUT2D eigenvalue weighted by Gasteiger charge is -2.28. The van der Waals surface area contributed by atoms with Gasteiger partial charge in [-0.15, -0.1) is 24.8 Å². The summed E-state index contributed by atoms with van der Waals surface area (Å²) >= 11 is 0. The summed E-state index contributed by atoms with van der Waals surface area (Å²) in [5.41, 5.74) is 5.08. The van der Waals surface area contributed by atoms with E-state index in [9.17, 15) is 9.90 Å². The highest BCUT2D eigenvalue weighted by molar-refractivity contribution is 6.13. The molecule has 0 unspecified atom stereocenters. The molecule has 9 heteroatoms. The Balaban J connectivity index is 0.00000136. The number of benzene rings is 1. The number of halogens is 2. The van der Waals surface area contributed by atoms with Gasteiger partial charge in [0.15, 0.2) is 0 Å². The van der Waals surface area contributed by atoms with Crippen LogP contribution < -0.4 is 0 Å². The van der Waals surface area contributed by atoms with Crippen LogP contribution in [0.3, 0.4) is 0 Å². The molecule has 1 aromatic carbocycles. The molecular weight excluding hydrogens is 439 g/mol. The zero-order chi connectivity index (χ0) is 20.1. The lowest BCUT2D eigenvalue weighted by Crippen LogP contribution is -2.37. The molecule has 0 saturated carbocycles. The highest BCUT2D eigenvalue weighted by Gasteiger charge is 2.33. The largest absolute Gasteiger partial charge is 0.507 e. The van der Waals surface area contributed by atoms with E-state index in [1.807, 2.05) is 25.2 Å². The molecule has 2 aliphatic heterocycles. The van der Waals surface area contributed by atoms with Crippen LogP contribution in [0, 0.1) is 0 Å². The number of morpholine rings is 1. The molecule has 5 rings (SSSR count). The Morgan fingerprint density at radius 1 is 1.19 bits per heavy atom. The molecule has 166 valence electrons. The summed E-state index contributed by atoms with van der Waals surface area (Å²) in [4.78, 5) is 21.3. The standard InChI is InChI=1S/C22H24N4O3.2ClH/c1-24-12-16-19-17(10-15(21(16)27)14-4-3-5-23-11-14)25(2)18(20(19)22(24)28)13-26-6-8-29-9-7-26;;/h3-5,10-11,27H,6-9,12-13H2,1-2H3;2*1H. The van der Waals surface area contributed by atoms with Crippen LogP contribution in [0.4, 0.5) is 0 Å². The van der Waals surface area contributed by atoms with E-state index in [1.54, 1.807) is 24.3 Å². The Morgan fingerprint density at radius 2 is 1.94 bits per heavy atom. The Bertz CT molecular complexity index is 1110. The number of ether oxygens (including phenoxy) is 1. The summed E-state index contributed by atoms with van der Waals surface area (Å²) in [5.74, 6) is 0.245. The Kier molecular flexibility index (Phi) is 6.81. The average molecular weight is 465 g/mol. The van der Waals surface area contributed by atoms with Crippen LogP contribution in [0.1, 0.15) is 21.6 Å². The van der Waals surface area contributed by atoms with Crippen molar-refractivity contribution < 1.29 is 14.6 Å². The smallest absolute Gasteiger partial charge is 0.256 e. The predicted molar refractivity (Wildman–Crippen MR) is 124 cm³/mol. The van der Waals surface area contributed by atoms with Gasteiger partial charge in [-0.2, -0.15) is 0 Å². The Labute approximate surface area is 193 Å². The van der Waals surface area contributed by atoms with Crippen LogP contribution in [0.25, 0.3) is 22.0 Å². The number of pyridine rings is 1. The highest BCUT2D eigenvalue weighted by atomic mass is 35.5. The molecule has 0 aliphatic carbocycles. The maximum atomic E-state index is 13.1. The first-order valence-corrected chi connectivity index (χ1v) is 9.88. The van der Waals surface area contributed by atoms with Crippen molar-refractivity contribution in [3.63, 3.8) is 0 Å². The zero-order valence-corrected chi connectivity index (χ0v) is 19.1. The number of aryl methyl sites for hydroxylation is 1. The minimum Gasteiger partial charge on any atom is -0.507 e. The molecule has 0 atom stereocenters. The monoisotopic (exact) mass is 464 g/mol. The SMILES string of the molecule is CN1Cc2c(O)c(-c3cccnc3)cc3c2c(c(CN2CCOCC2)n3C)C1=O.Cl.Cl. The minimum atomic E-state index is 0. The van der Waals surface area contributed by atoms with E-state index < -0.39 is 0 Å². The lowest BCUT2D eigenvalue weighted by atomic mass is 9.93. The molecule has 0 radical (unpaired) electrons. The van der Waals surface area contributed by atoms with Gasteiger partial charge in [0.2, 0.25) is 0 Å². The van der Waals surface area contributed by atoms with E-state index in [0.717, 1.165) is 46.4 Å². The van der Waals surface area contributed by atoms with Crippen molar-refractivity contribution in [2.24, 2.45) is 7.05 Å². The summed E-state index contributed by atoms with van der Waals surface area (Å²) in [7, 11) is 3.80. The number of hydrogen-bond donors (Lipinski definition) is 1. The maximum Gasteiger partial charge on any atom is 0.256 e. The molecule has 7 nitrogen and oxygen atoms in total. The maximum absolute atomic E-state index is 13.1. The molecule has 1 fully saturated rings. The van der Waals surface area contributed by atoms with Gasteiger partial charge in [0.05, 0.1) is 24.3 Å². The van der Waals surface area contributed by atoms with Gasteiger partial charge in [-0.05, 0) is 12.1 Å². The van der Waals surface area contributed by atoms with E-state index in [2.05, 4.69) is 14.5 Å². The molecule has 2 aromatic heterocycles. The van der Waals surface area contributed by atoms with Gasteiger partial charge in [-0.3, -0.25) is 14.7 Å². The molecule has 1 amide bonds. The number of carbonyl (C=O) groups is 1. The number of amides is 1. The summed E-state index contributed by atoms with van der Waals surface area (Å²) in [6.45, 7) is 4.21. The third kappa shape index (κ3) is 3.76. The Morgan fingerprint density at radius 3 is 2.61 bits per heavy atom. The van der Waals surface area contributed by atoms with E-state index >= 15 is 0 Å². The normalized spacial score (nSPS) is 16.2. The molecule has 31 heavy (non-hydrogen) atoms. The number of aromatic hydroxyl groups is 1. The van der Waals surface area contributed by atoms with Crippen molar-refractivity contribution in [1.29, 1.82) is 0 Å². The van der Waals surface area contributed by atoms with E-state index in [1.165, 1.54) is 0 Å². The topological polar surface area (TPSA) is 70.8 Å². The fourth-order valence-electron chi connectivity index (χ4n) is 4.50. The summed E-state index contributed by atoms with van der Waals surface area (Å²) < 4.78 is 7.58. The molecule has 4 heterocycles. The lowest BCUT2D eigenvalue weighted by molar-refractivity contribution is 0.0331. The second-order valence-electron chi connectivity index (χ2n) is 7.82. The van der Waals surface area contributed by atoms with Crippen LogP contribution in [-0.4, -0.2) is 63.7 Å². The average Bonchev–Trinajstić information content (AvgIpc) is 3.02. The second-order valence-corrected chi connectivity index (χ2v) is 7.82. The van der Waals surface area contributed by atoms with Gasteiger partial charge in [0.1, 0.15) is 5.75 Å². The van der Waals surface area contributed by atoms with Crippen molar-refractivity contribution >= 4 is 41.6 Å². The molecule has 0 bridgehead atoms. The quantitative estimate of drug-likeness (QED) is 0.644. The number of phenolic OH excluding ortho intramolecular Hbond substituents is 1. The van der Waals surface area contributed by atoms with Crippen molar-refractivity contribution in [3.8, 4) is 16.9 Å². The number of carbonyl (C=O) groups excluding carboxylic acids is 1. The van der Waals surface area contributed by atoms with Crippen molar-refractivity contribution in [3.05, 3.63) is 47.4 Å². The van der Waals surface area contributed by atoms with Crippen LogP contribution in [0.5, 0.6) is 5.75 Å². The first kappa shape index (κ1) is 23.3. The van der Waals surface area contributed by atoms with Crippen molar-refractivity contribution in [1.82, 2.24) is 19.4 Å². The molecule has 3 aromatic rings. The van der Waals surface area contributed by atoms with Crippen molar-refractivity contribution in [2.45, 2.75) is 13.1 Å². The van der Waals surface area contributed by atoms with Gasteiger partial charge in [-0.25, -0.2) is 0 Å². The molecule has 2 aliphatic rings. The molecule has 1 saturated heterocycles. The fourth-order valence-corrected chi connectivity index (χ4v) is 4.50. The number of aromatic nitrogens is 2. The summed E-state index contributed by atoms with van der Waals surface area (Å²) in [6.07, 6.45) is 3.47. The number of nitrogens with zero attached hydrogens (tertiary/aromatic N) is 4. The van der Waals surface area contributed by atoms with Gasteiger partial charge >= 0.3 is 0 Å². The van der Waals surface area contributed by atoms with E-state index in [4.69, 9.17) is 4.74 Å². The third-order valence-electron chi connectivity index (χ3n) is 6.09. The first-order chi connectivity index (χ1) is 14.1. The van der Waals surface area contributed by atoms with Gasteiger partial charge < -0.3 is 19.3 Å². The van der Waals surface area contributed by atoms with Crippen LogP contribution in [-0.2, 0) is 24.9 Å². The number of phenols is 1. The second kappa shape index (κ2) is 9.04. The fraction of sp³-hybridized carbons (Fsp3) is 0.364. The molecular formula is C22H26Cl2N4O3. The van der Waals surface area contributed by atoms with Crippen LogP contribution >= 0.6 is 24.8 Å². The van der Waals surface area contributed by atoms with Gasteiger partial charge in [0.25, 0.3) is 5.91 Å². The van der Waals surface area contributed by atoms with Crippen molar-refractivity contribution in [2.75, 3.05) is 33.4 Å². The predicted octanol–water partition coefficient (Wildman–Crippen LogP) is 3.21.